The number of aliphatic carboxylic acids is 1. The van der Waals surface area contributed by atoms with Crippen molar-refractivity contribution in [1.29, 1.82) is 0 Å². The summed E-state index contributed by atoms with van der Waals surface area (Å²) in [6.07, 6.45) is 1.41. The number of carbonyl (C=O) groups excluding carboxylic acids is 2. The number of amides is 2. The van der Waals surface area contributed by atoms with Crippen LogP contribution in [-0.2, 0) is 14.3 Å². The molecule has 1 unspecified atom stereocenters. The highest BCUT2D eigenvalue weighted by atomic mass is 16.5. The molecule has 7 heteroatoms. The summed E-state index contributed by atoms with van der Waals surface area (Å²) in [7, 11) is 1.33. The average Bonchev–Trinajstić information content (AvgIpc) is 2.44. The van der Waals surface area contributed by atoms with E-state index < -0.39 is 5.97 Å². The lowest BCUT2D eigenvalue weighted by atomic mass is 9.98. The lowest BCUT2D eigenvalue weighted by molar-refractivity contribution is -0.147. The molecule has 1 fully saturated rings. The maximum atomic E-state index is 12.5. The number of urea groups is 1. The number of piperidine rings is 1. The molecule has 0 saturated carbocycles. The van der Waals surface area contributed by atoms with Gasteiger partial charge in [0, 0.05) is 19.6 Å². The topological polar surface area (TPSA) is 87.2 Å². The Hall–Kier alpha value is -1.79. The standard InChI is InChI=1S/C14H24N2O5/c1-10(2)7-16(9-12(17)18)14(20)15-6-4-5-11(8-15)13(19)21-3/h10-11H,4-9H2,1-3H3,(H,17,18). The molecule has 0 bridgehead atoms. The molecule has 1 heterocycles. The lowest BCUT2D eigenvalue weighted by Gasteiger charge is -2.35. The third kappa shape index (κ3) is 5.24. The first-order chi connectivity index (χ1) is 9.85. The van der Waals surface area contributed by atoms with Gasteiger partial charge in [-0.1, -0.05) is 13.8 Å². The van der Waals surface area contributed by atoms with Crippen molar-refractivity contribution in [2.75, 3.05) is 33.3 Å². The zero-order valence-electron chi connectivity index (χ0n) is 12.9. The van der Waals surface area contributed by atoms with Gasteiger partial charge in [-0.2, -0.15) is 0 Å². The van der Waals surface area contributed by atoms with Gasteiger partial charge < -0.3 is 19.6 Å². The van der Waals surface area contributed by atoms with Gasteiger partial charge in [-0.25, -0.2) is 4.79 Å². The van der Waals surface area contributed by atoms with Crippen LogP contribution < -0.4 is 0 Å². The van der Waals surface area contributed by atoms with E-state index in [1.807, 2.05) is 13.8 Å². The van der Waals surface area contributed by atoms with Gasteiger partial charge in [0.05, 0.1) is 13.0 Å². The molecule has 7 nitrogen and oxygen atoms in total. The predicted octanol–water partition coefficient (Wildman–Crippen LogP) is 1.03. The highest BCUT2D eigenvalue weighted by molar-refractivity contribution is 5.81. The molecule has 1 aliphatic rings. The quantitative estimate of drug-likeness (QED) is 0.766. The summed E-state index contributed by atoms with van der Waals surface area (Å²) in [5, 5.41) is 8.94. The molecule has 21 heavy (non-hydrogen) atoms. The third-order valence-corrected chi connectivity index (χ3v) is 3.41. The lowest BCUT2D eigenvalue weighted by Crippen LogP contribution is -2.51. The van der Waals surface area contributed by atoms with Gasteiger partial charge in [-0.05, 0) is 18.8 Å². The Morgan fingerprint density at radius 2 is 2.05 bits per heavy atom. The summed E-state index contributed by atoms with van der Waals surface area (Å²) in [5.74, 6) is -1.50. The number of esters is 1. The Morgan fingerprint density at radius 3 is 2.57 bits per heavy atom. The number of methoxy groups -OCH3 is 1. The molecule has 1 saturated heterocycles. The summed E-state index contributed by atoms with van der Waals surface area (Å²) >= 11 is 0. The Balaban J connectivity index is 2.72. The fourth-order valence-electron chi connectivity index (χ4n) is 2.52. The number of carboxylic acid groups (broad SMARTS) is 1. The molecule has 1 N–H and O–H groups in total. The van der Waals surface area contributed by atoms with Gasteiger partial charge in [-0.15, -0.1) is 0 Å². The molecule has 0 aliphatic carbocycles. The maximum absolute atomic E-state index is 12.5. The molecule has 0 radical (unpaired) electrons. The van der Waals surface area contributed by atoms with Crippen LogP contribution in [-0.4, -0.2) is 66.2 Å². The van der Waals surface area contributed by atoms with Gasteiger partial charge in [0.2, 0.25) is 0 Å². The van der Waals surface area contributed by atoms with Crippen molar-refractivity contribution in [2.45, 2.75) is 26.7 Å². The second-order valence-electron chi connectivity index (χ2n) is 5.76. The van der Waals surface area contributed by atoms with Crippen LogP contribution in [0.1, 0.15) is 26.7 Å². The van der Waals surface area contributed by atoms with Crippen molar-refractivity contribution >= 4 is 18.0 Å². The molecule has 0 aromatic carbocycles. The van der Waals surface area contributed by atoms with Crippen LogP contribution in [0, 0.1) is 11.8 Å². The van der Waals surface area contributed by atoms with Crippen LogP contribution >= 0.6 is 0 Å². The monoisotopic (exact) mass is 300 g/mol. The molecule has 1 atom stereocenters. The fourth-order valence-corrected chi connectivity index (χ4v) is 2.52. The molecule has 1 aliphatic heterocycles. The van der Waals surface area contributed by atoms with Crippen molar-refractivity contribution < 1.29 is 24.2 Å². The van der Waals surface area contributed by atoms with Crippen LogP contribution in [0.3, 0.4) is 0 Å². The van der Waals surface area contributed by atoms with Gasteiger partial charge >= 0.3 is 18.0 Å². The number of carbonyl (C=O) groups is 3. The number of ether oxygens (including phenoxy) is 1. The summed E-state index contributed by atoms with van der Waals surface area (Å²) in [6, 6.07) is -0.320. The van der Waals surface area contributed by atoms with E-state index in [1.165, 1.54) is 12.0 Å². The number of hydrogen-bond donors (Lipinski definition) is 1. The van der Waals surface area contributed by atoms with E-state index in [0.717, 1.165) is 0 Å². The van der Waals surface area contributed by atoms with Crippen molar-refractivity contribution in [3.8, 4) is 0 Å². The van der Waals surface area contributed by atoms with Crippen LogP contribution in [0.4, 0.5) is 4.79 Å². The smallest absolute Gasteiger partial charge is 0.323 e. The van der Waals surface area contributed by atoms with Crippen LogP contribution in [0.2, 0.25) is 0 Å². The Labute approximate surface area is 124 Å². The highest BCUT2D eigenvalue weighted by Gasteiger charge is 2.31. The Kier molecular flexibility index (Phi) is 6.45. The SMILES string of the molecule is COC(=O)C1CCCN(C(=O)N(CC(=O)O)CC(C)C)C1. The van der Waals surface area contributed by atoms with E-state index in [-0.39, 0.29) is 30.4 Å². The van der Waals surface area contributed by atoms with Gasteiger partial charge in [0.25, 0.3) is 0 Å². The highest BCUT2D eigenvalue weighted by Crippen LogP contribution is 2.19. The predicted molar refractivity (Wildman–Crippen MR) is 75.8 cm³/mol. The summed E-state index contributed by atoms with van der Waals surface area (Å²) in [5.41, 5.74) is 0. The van der Waals surface area contributed by atoms with E-state index in [0.29, 0.717) is 32.5 Å². The maximum Gasteiger partial charge on any atom is 0.323 e. The van der Waals surface area contributed by atoms with E-state index in [2.05, 4.69) is 0 Å². The van der Waals surface area contributed by atoms with E-state index in [9.17, 15) is 14.4 Å². The summed E-state index contributed by atoms with van der Waals surface area (Å²) < 4.78 is 4.72. The minimum absolute atomic E-state index is 0.175. The number of rotatable bonds is 5. The molecule has 120 valence electrons. The molecular formula is C14H24N2O5. The second kappa shape index (κ2) is 7.85. The first kappa shape index (κ1) is 17.3. The average molecular weight is 300 g/mol. The number of hydrogen-bond acceptors (Lipinski definition) is 4. The molecule has 0 aromatic heterocycles. The fraction of sp³-hybridized carbons (Fsp3) is 0.786. The number of nitrogens with zero attached hydrogens (tertiary/aromatic N) is 2. The van der Waals surface area contributed by atoms with Crippen molar-refractivity contribution in [3.05, 3.63) is 0 Å². The minimum Gasteiger partial charge on any atom is -0.480 e. The van der Waals surface area contributed by atoms with E-state index >= 15 is 0 Å². The third-order valence-electron chi connectivity index (χ3n) is 3.41. The zero-order valence-corrected chi connectivity index (χ0v) is 12.9. The second-order valence-corrected chi connectivity index (χ2v) is 5.76. The van der Waals surface area contributed by atoms with Gasteiger partial charge in [0.15, 0.2) is 0 Å². The molecule has 0 aromatic rings. The molecule has 2 amide bonds. The largest absolute Gasteiger partial charge is 0.480 e. The normalized spacial score (nSPS) is 18.5. The van der Waals surface area contributed by atoms with Crippen LogP contribution in [0.5, 0.6) is 0 Å². The molecule has 1 rings (SSSR count). The Morgan fingerprint density at radius 1 is 1.38 bits per heavy atom. The van der Waals surface area contributed by atoms with Gasteiger partial charge in [0.1, 0.15) is 6.54 Å². The van der Waals surface area contributed by atoms with Crippen molar-refractivity contribution in [1.82, 2.24) is 9.80 Å². The van der Waals surface area contributed by atoms with E-state index in [1.54, 1.807) is 4.90 Å². The first-order valence-electron chi connectivity index (χ1n) is 7.18. The van der Waals surface area contributed by atoms with Gasteiger partial charge in [-0.3, -0.25) is 9.59 Å². The van der Waals surface area contributed by atoms with Crippen molar-refractivity contribution in [2.24, 2.45) is 11.8 Å². The van der Waals surface area contributed by atoms with Crippen LogP contribution in [0.25, 0.3) is 0 Å². The Bertz CT molecular complexity index is 397. The van der Waals surface area contributed by atoms with Crippen LogP contribution in [0.15, 0.2) is 0 Å². The minimum atomic E-state index is -1.04. The number of carboxylic acids is 1. The van der Waals surface area contributed by atoms with Crippen molar-refractivity contribution in [3.63, 3.8) is 0 Å². The summed E-state index contributed by atoms with van der Waals surface area (Å²) in [6.45, 7) is 4.74. The summed E-state index contributed by atoms with van der Waals surface area (Å²) in [4.78, 5) is 37.8. The van der Waals surface area contributed by atoms with E-state index in [4.69, 9.17) is 9.84 Å². The molecule has 0 spiro atoms. The molecular weight excluding hydrogens is 276 g/mol. The number of likely N-dealkylation sites (tertiary alicyclic amines) is 1. The zero-order chi connectivity index (χ0) is 16.0. The first-order valence-corrected chi connectivity index (χ1v) is 7.18.